The van der Waals surface area contributed by atoms with Gasteiger partial charge in [0.1, 0.15) is 24.7 Å². The molecule has 0 aliphatic rings. The minimum absolute atomic E-state index is 0. The van der Waals surface area contributed by atoms with Crippen molar-refractivity contribution in [2.45, 2.75) is 25.9 Å². The van der Waals surface area contributed by atoms with E-state index in [-0.39, 0.29) is 18.3 Å². The van der Waals surface area contributed by atoms with Gasteiger partial charge < -0.3 is 20.5 Å². The molecule has 0 fully saturated rings. The van der Waals surface area contributed by atoms with E-state index in [1.165, 1.54) is 0 Å². The molecular formula is C19H24Cl2N2O3. The van der Waals surface area contributed by atoms with E-state index >= 15 is 0 Å². The Labute approximate surface area is 165 Å². The van der Waals surface area contributed by atoms with Crippen LogP contribution >= 0.6 is 24.0 Å². The molecule has 0 unspecified atom stereocenters. The van der Waals surface area contributed by atoms with Crippen molar-refractivity contribution in [2.75, 3.05) is 13.2 Å². The maximum Gasteiger partial charge on any atom is 0.239 e. The van der Waals surface area contributed by atoms with E-state index in [0.717, 1.165) is 17.1 Å². The molecule has 0 aliphatic heterocycles. The molecule has 7 heteroatoms. The number of halogens is 2. The van der Waals surface area contributed by atoms with Crippen molar-refractivity contribution in [1.29, 1.82) is 0 Å². The van der Waals surface area contributed by atoms with Crippen LogP contribution in [0.2, 0.25) is 5.02 Å². The maximum absolute atomic E-state index is 11.7. The van der Waals surface area contributed by atoms with Gasteiger partial charge in [-0.3, -0.25) is 4.79 Å². The van der Waals surface area contributed by atoms with Crippen LogP contribution in [0, 0.1) is 0 Å². The summed E-state index contributed by atoms with van der Waals surface area (Å²) < 4.78 is 11.2. The van der Waals surface area contributed by atoms with Crippen molar-refractivity contribution in [2.24, 2.45) is 5.73 Å². The first kappa shape index (κ1) is 22.1. The topological polar surface area (TPSA) is 73.6 Å². The number of carbonyl (C=O) groups is 1. The van der Waals surface area contributed by atoms with E-state index in [2.05, 4.69) is 5.32 Å². The Balaban J connectivity index is 0.00000338. The van der Waals surface area contributed by atoms with Gasteiger partial charge in [-0.1, -0.05) is 23.7 Å². The summed E-state index contributed by atoms with van der Waals surface area (Å²) in [4.78, 5) is 11.7. The second kappa shape index (κ2) is 10.3. The number of nitrogens with two attached hydrogens (primary N) is 1. The van der Waals surface area contributed by atoms with Crippen LogP contribution in [0.25, 0.3) is 0 Å². The smallest absolute Gasteiger partial charge is 0.239 e. The number of nitrogens with one attached hydrogen (secondary N) is 1. The Morgan fingerprint density at radius 1 is 1.00 bits per heavy atom. The van der Waals surface area contributed by atoms with Gasteiger partial charge in [0.15, 0.2) is 0 Å². The third-order valence-electron chi connectivity index (χ3n) is 3.40. The van der Waals surface area contributed by atoms with E-state index in [0.29, 0.717) is 24.8 Å². The third kappa shape index (κ3) is 7.52. The molecule has 2 rings (SSSR count). The van der Waals surface area contributed by atoms with Crippen molar-refractivity contribution in [1.82, 2.24) is 5.32 Å². The molecule has 0 bridgehead atoms. The van der Waals surface area contributed by atoms with Crippen LogP contribution in [0.3, 0.4) is 0 Å². The van der Waals surface area contributed by atoms with E-state index in [1.54, 1.807) is 26.0 Å². The lowest BCUT2D eigenvalue weighted by molar-refractivity contribution is -0.125. The standard InChI is InChI=1S/C19H23ClN2O3.ClH/c1-19(2,21)18(23)22-13-14-3-7-16(8-4-14)24-11-12-25-17-9-5-15(20)6-10-17;/h3-10H,11-13,21H2,1-2H3,(H,22,23);1H. The molecule has 2 aromatic carbocycles. The lowest BCUT2D eigenvalue weighted by Gasteiger charge is -2.17. The van der Waals surface area contributed by atoms with Gasteiger partial charge in [-0.15, -0.1) is 12.4 Å². The number of carbonyl (C=O) groups excluding carboxylic acids is 1. The molecular weight excluding hydrogens is 375 g/mol. The Hall–Kier alpha value is -1.95. The SMILES string of the molecule is CC(C)(N)C(=O)NCc1ccc(OCCOc2ccc(Cl)cc2)cc1.Cl. The van der Waals surface area contributed by atoms with Crippen LogP contribution in [0.15, 0.2) is 48.5 Å². The predicted octanol–water partition coefficient (Wildman–Crippen LogP) is 3.57. The molecule has 0 aliphatic carbocycles. The number of hydrogen-bond acceptors (Lipinski definition) is 4. The van der Waals surface area contributed by atoms with Crippen LogP contribution < -0.4 is 20.5 Å². The molecule has 142 valence electrons. The second-order valence-corrected chi connectivity index (χ2v) is 6.64. The van der Waals surface area contributed by atoms with Crippen molar-refractivity contribution < 1.29 is 14.3 Å². The quantitative estimate of drug-likeness (QED) is 0.666. The number of benzene rings is 2. The number of ether oxygens (including phenoxy) is 2. The van der Waals surface area contributed by atoms with Gasteiger partial charge in [0, 0.05) is 11.6 Å². The Morgan fingerprint density at radius 2 is 1.46 bits per heavy atom. The third-order valence-corrected chi connectivity index (χ3v) is 3.65. The summed E-state index contributed by atoms with van der Waals surface area (Å²) in [5.74, 6) is 1.31. The molecule has 0 saturated heterocycles. The predicted molar refractivity (Wildman–Crippen MR) is 106 cm³/mol. The molecule has 0 saturated carbocycles. The fourth-order valence-electron chi connectivity index (χ4n) is 1.96. The zero-order valence-corrected chi connectivity index (χ0v) is 16.4. The Kier molecular flexibility index (Phi) is 8.72. The van der Waals surface area contributed by atoms with E-state index < -0.39 is 5.54 Å². The highest BCUT2D eigenvalue weighted by Gasteiger charge is 2.20. The van der Waals surface area contributed by atoms with Crippen molar-refractivity contribution in [3.05, 3.63) is 59.1 Å². The molecule has 26 heavy (non-hydrogen) atoms. The normalized spacial score (nSPS) is 10.6. The summed E-state index contributed by atoms with van der Waals surface area (Å²) in [6.07, 6.45) is 0. The highest BCUT2D eigenvalue weighted by atomic mass is 35.5. The summed E-state index contributed by atoms with van der Waals surface area (Å²) in [6, 6.07) is 14.7. The minimum Gasteiger partial charge on any atom is -0.490 e. The summed E-state index contributed by atoms with van der Waals surface area (Å²) in [5, 5.41) is 3.47. The maximum atomic E-state index is 11.7. The van der Waals surface area contributed by atoms with Crippen LogP contribution in [0.1, 0.15) is 19.4 Å². The lowest BCUT2D eigenvalue weighted by atomic mass is 10.1. The molecule has 0 heterocycles. The van der Waals surface area contributed by atoms with Gasteiger partial charge in [-0.05, 0) is 55.8 Å². The first-order chi connectivity index (χ1) is 11.8. The van der Waals surface area contributed by atoms with Gasteiger partial charge in [-0.2, -0.15) is 0 Å². The van der Waals surface area contributed by atoms with E-state index in [1.807, 2.05) is 36.4 Å². The average molecular weight is 399 g/mol. The number of rotatable bonds is 8. The first-order valence-electron chi connectivity index (χ1n) is 8.02. The fraction of sp³-hybridized carbons (Fsp3) is 0.316. The second-order valence-electron chi connectivity index (χ2n) is 6.20. The summed E-state index contributed by atoms with van der Waals surface area (Å²) in [6.45, 7) is 4.64. The molecule has 2 aromatic rings. The van der Waals surface area contributed by atoms with E-state index in [4.69, 9.17) is 26.8 Å². The Bertz CT molecular complexity index is 683. The molecule has 0 spiro atoms. The minimum atomic E-state index is -0.882. The molecule has 0 aromatic heterocycles. The number of hydrogen-bond donors (Lipinski definition) is 2. The molecule has 1 amide bonds. The summed E-state index contributed by atoms with van der Waals surface area (Å²) in [7, 11) is 0. The number of amides is 1. The highest BCUT2D eigenvalue weighted by Crippen LogP contribution is 2.16. The van der Waals surface area contributed by atoms with Crippen molar-refractivity contribution in [3.8, 4) is 11.5 Å². The molecule has 5 nitrogen and oxygen atoms in total. The lowest BCUT2D eigenvalue weighted by Crippen LogP contribution is -2.48. The van der Waals surface area contributed by atoms with Crippen LogP contribution in [0.4, 0.5) is 0 Å². The van der Waals surface area contributed by atoms with E-state index in [9.17, 15) is 4.79 Å². The van der Waals surface area contributed by atoms with Crippen molar-refractivity contribution >= 4 is 29.9 Å². The van der Waals surface area contributed by atoms with Crippen molar-refractivity contribution in [3.63, 3.8) is 0 Å². The monoisotopic (exact) mass is 398 g/mol. The van der Waals surface area contributed by atoms with Gasteiger partial charge >= 0.3 is 0 Å². The zero-order chi connectivity index (χ0) is 18.3. The zero-order valence-electron chi connectivity index (χ0n) is 14.8. The summed E-state index contributed by atoms with van der Waals surface area (Å²) in [5.41, 5.74) is 5.83. The van der Waals surface area contributed by atoms with Gasteiger partial charge in [0.25, 0.3) is 0 Å². The van der Waals surface area contributed by atoms with Crippen LogP contribution in [0.5, 0.6) is 11.5 Å². The molecule has 0 radical (unpaired) electrons. The van der Waals surface area contributed by atoms with Gasteiger partial charge in [0.05, 0.1) is 5.54 Å². The van der Waals surface area contributed by atoms with Gasteiger partial charge in [-0.25, -0.2) is 0 Å². The van der Waals surface area contributed by atoms with Crippen LogP contribution in [-0.2, 0) is 11.3 Å². The molecule has 0 atom stereocenters. The highest BCUT2D eigenvalue weighted by molar-refractivity contribution is 6.30. The average Bonchev–Trinajstić information content (AvgIpc) is 2.58. The Morgan fingerprint density at radius 3 is 1.92 bits per heavy atom. The first-order valence-corrected chi connectivity index (χ1v) is 8.40. The van der Waals surface area contributed by atoms with Crippen LogP contribution in [-0.4, -0.2) is 24.7 Å². The largest absolute Gasteiger partial charge is 0.490 e. The summed E-state index contributed by atoms with van der Waals surface area (Å²) >= 11 is 5.82. The fourth-order valence-corrected chi connectivity index (χ4v) is 2.09. The molecule has 3 N–H and O–H groups in total. The van der Waals surface area contributed by atoms with Gasteiger partial charge in [0.2, 0.25) is 5.91 Å².